The van der Waals surface area contributed by atoms with Gasteiger partial charge in [-0.3, -0.25) is 5.10 Å². The number of aromatic nitrogens is 5. The average Bonchev–Trinajstić information content (AvgIpc) is 3.51. The lowest BCUT2D eigenvalue weighted by atomic mass is 9.90. The third kappa shape index (κ3) is 4.72. The molecular formula is C28H31N7O2. The number of hydrogen-bond donors (Lipinski definition) is 2. The smallest absolute Gasteiger partial charge is 0.146 e. The highest BCUT2D eigenvalue weighted by Crippen LogP contribution is 2.35. The number of benzene rings is 1. The molecule has 37 heavy (non-hydrogen) atoms. The molecule has 4 aromatic rings. The Kier molecular flexibility index (Phi) is 6.30. The zero-order valence-corrected chi connectivity index (χ0v) is 21.8. The van der Waals surface area contributed by atoms with Crippen LogP contribution in [0, 0.1) is 31.1 Å². The fourth-order valence-electron chi connectivity index (χ4n) is 5.23. The summed E-state index contributed by atoms with van der Waals surface area (Å²) in [4.78, 5) is 6.75. The van der Waals surface area contributed by atoms with Crippen molar-refractivity contribution in [2.75, 3.05) is 18.0 Å². The van der Waals surface area contributed by atoms with E-state index in [2.05, 4.69) is 36.3 Å². The summed E-state index contributed by atoms with van der Waals surface area (Å²) in [6.45, 7) is 11.0. The molecule has 1 fully saturated rings. The second-order valence-electron chi connectivity index (χ2n) is 10.4. The molecule has 9 nitrogen and oxygen atoms in total. The van der Waals surface area contributed by atoms with Crippen molar-refractivity contribution in [3.05, 3.63) is 59.0 Å². The number of aliphatic hydroxyl groups is 1. The molecule has 0 unspecified atom stereocenters. The van der Waals surface area contributed by atoms with E-state index in [0.29, 0.717) is 29.4 Å². The Hall–Kier alpha value is -4.03. The summed E-state index contributed by atoms with van der Waals surface area (Å²) >= 11 is 0. The Morgan fingerprint density at radius 1 is 1.24 bits per heavy atom. The highest BCUT2D eigenvalue weighted by atomic mass is 16.5. The zero-order chi connectivity index (χ0) is 26.3. The van der Waals surface area contributed by atoms with Gasteiger partial charge in [0.2, 0.25) is 0 Å². The number of nitrogens with one attached hydrogen (secondary N) is 1. The minimum Gasteiger partial charge on any atom is -0.486 e. The van der Waals surface area contributed by atoms with Gasteiger partial charge in [-0.2, -0.15) is 20.6 Å². The summed E-state index contributed by atoms with van der Waals surface area (Å²) in [5, 5.41) is 37.0. The van der Waals surface area contributed by atoms with Crippen molar-refractivity contribution in [3.8, 4) is 23.1 Å². The minimum absolute atomic E-state index is 0.132. The summed E-state index contributed by atoms with van der Waals surface area (Å²) < 4.78 is 6.29. The van der Waals surface area contributed by atoms with E-state index < -0.39 is 5.60 Å². The first-order chi connectivity index (χ1) is 17.7. The number of H-pyrrole nitrogens is 1. The molecule has 4 heterocycles. The monoisotopic (exact) mass is 497 g/mol. The lowest BCUT2D eigenvalue weighted by molar-refractivity contribution is 0.0263. The van der Waals surface area contributed by atoms with E-state index in [1.165, 1.54) is 0 Å². The van der Waals surface area contributed by atoms with E-state index in [9.17, 15) is 10.4 Å². The maximum Gasteiger partial charge on any atom is 0.146 e. The molecule has 0 aliphatic carbocycles. The van der Waals surface area contributed by atoms with Gasteiger partial charge in [0.1, 0.15) is 29.4 Å². The van der Waals surface area contributed by atoms with Crippen molar-refractivity contribution in [1.82, 2.24) is 25.4 Å². The number of nitriles is 1. The molecule has 0 spiro atoms. The molecular weight excluding hydrogens is 466 g/mol. The van der Waals surface area contributed by atoms with Crippen LogP contribution < -0.4 is 9.64 Å². The molecule has 9 heteroatoms. The Balaban J connectivity index is 1.44. The second-order valence-corrected chi connectivity index (χ2v) is 10.4. The summed E-state index contributed by atoms with van der Waals surface area (Å²) in [6, 6.07) is 9.94. The molecule has 0 saturated carbocycles. The number of fused-ring (bicyclic) bond motifs is 1. The van der Waals surface area contributed by atoms with Crippen LogP contribution in [0.25, 0.3) is 22.2 Å². The first-order valence-corrected chi connectivity index (χ1v) is 12.5. The van der Waals surface area contributed by atoms with E-state index in [1.54, 1.807) is 12.4 Å². The highest BCUT2D eigenvalue weighted by Gasteiger charge is 2.34. The van der Waals surface area contributed by atoms with E-state index in [-0.39, 0.29) is 12.0 Å². The van der Waals surface area contributed by atoms with Gasteiger partial charge in [0.25, 0.3) is 0 Å². The molecule has 1 aliphatic rings. The van der Waals surface area contributed by atoms with Crippen LogP contribution in [0.15, 0.2) is 36.7 Å². The SMILES string of the molecule is Cc1cnnc(C)c1[C@@H](C)Oc1ccc2[nH]nc(-c3cnc(N4CC[C@H](C(C)(C)O)C4)c(C#N)c3)c2c1. The van der Waals surface area contributed by atoms with Crippen molar-refractivity contribution in [2.24, 2.45) is 5.92 Å². The number of aryl methyl sites for hydroxylation is 2. The van der Waals surface area contributed by atoms with Gasteiger partial charge in [-0.15, -0.1) is 0 Å². The molecule has 3 aromatic heterocycles. The van der Waals surface area contributed by atoms with Gasteiger partial charge < -0.3 is 14.7 Å². The van der Waals surface area contributed by atoms with Crippen LogP contribution in [0.2, 0.25) is 0 Å². The Labute approximate surface area is 216 Å². The maximum atomic E-state index is 10.4. The molecule has 1 saturated heterocycles. The van der Waals surface area contributed by atoms with Crippen molar-refractivity contribution in [1.29, 1.82) is 5.26 Å². The van der Waals surface area contributed by atoms with Gasteiger partial charge >= 0.3 is 0 Å². The van der Waals surface area contributed by atoms with Gasteiger partial charge in [0, 0.05) is 41.7 Å². The molecule has 0 amide bonds. The average molecular weight is 498 g/mol. The lowest BCUT2D eigenvalue weighted by Crippen LogP contribution is -2.33. The van der Waals surface area contributed by atoms with Gasteiger partial charge in [0.15, 0.2) is 0 Å². The molecule has 0 bridgehead atoms. The van der Waals surface area contributed by atoms with E-state index in [4.69, 9.17) is 4.74 Å². The summed E-state index contributed by atoms with van der Waals surface area (Å²) in [5.74, 6) is 1.48. The van der Waals surface area contributed by atoms with Crippen LogP contribution in [0.5, 0.6) is 5.75 Å². The Morgan fingerprint density at radius 2 is 2.05 bits per heavy atom. The molecule has 2 atom stereocenters. The second kappa shape index (κ2) is 9.45. The fourth-order valence-corrected chi connectivity index (χ4v) is 5.23. The molecule has 0 radical (unpaired) electrons. The minimum atomic E-state index is -0.766. The van der Waals surface area contributed by atoms with Gasteiger partial charge in [0.05, 0.1) is 28.6 Å². The number of nitrogens with zero attached hydrogens (tertiary/aromatic N) is 6. The zero-order valence-electron chi connectivity index (χ0n) is 21.8. The standard InChI is InChI=1S/C28H31N7O2/c1-16-13-31-32-17(2)25(16)18(3)37-22-6-7-24-23(11-22)26(34-33-24)20-10-19(12-29)27(30-14-20)35-9-8-21(15-35)28(4,5)36/h6-7,10-11,13-14,18,21,36H,8-9,15H2,1-5H3,(H,33,34)/t18-,21+/m1/s1. The van der Waals surface area contributed by atoms with Crippen molar-refractivity contribution in [2.45, 2.75) is 52.7 Å². The Morgan fingerprint density at radius 3 is 2.76 bits per heavy atom. The van der Waals surface area contributed by atoms with Crippen LogP contribution >= 0.6 is 0 Å². The van der Waals surface area contributed by atoms with E-state index in [0.717, 1.165) is 46.3 Å². The first-order valence-electron chi connectivity index (χ1n) is 12.5. The van der Waals surface area contributed by atoms with Crippen molar-refractivity contribution < 1.29 is 9.84 Å². The third-order valence-corrected chi connectivity index (χ3v) is 7.27. The predicted octanol–water partition coefficient (Wildman–Crippen LogP) is 4.64. The van der Waals surface area contributed by atoms with Gasteiger partial charge in [-0.1, -0.05) is 0 Å². The van der Waals surface area contributed by atoms with Gasteiger partial charge in [-0.25, -0.2) is 4.98 Å². The van der Waals surface area contributed by atoms with Crippen LogP contribution in [0.3, 0.4) is 0 Å². The van der Waals surface area contributed by atoms with Crippen LogP contribution in [0.4, 0.5) is 5.82 Å². The number of pyridine rings is 1. The van der Waals surface area contributed by atoms with Crippen molar-refractivity contribution in [3.63, 3.8) is 0 Å². The van der Waals surface area contributed by atoms with E-state index in [1.807, 2.05) is 58.9 Å². The number of hydrogen-bond acceptors (Lipinski definition) is 8. The molecule has 190 valence electrons. The first kappa shape index (κ1) is 24.7. The topological polar surface area (TPSA) is 124 Å². The number of rotatable bonds is 6. The van der Waals surface area contributed by atoms with Crippen LogP contribution in [0.1, 0.15) is 55.7 Å². The number of ether oxygens (including phenoxy) is 1. The molecule has 2 N–H and O–H groups in total. The number of aromatic amines is 1. The summed E-state index contributed by atoms with van der Waals surface area (Å²) in [6.07, 6.45) is 4.16. The number of anilines is 1. The normalized spacial score (nSPS) is 16.7. The molecule has 1 aliphatic heterocycles. The van der Waals surface area contributed by atoms with E-state index >= 15 is 0 Å². The Bertz CT molecular complexity index is 1480. The maximum absolute atomic E-state index is 10.4. The lowest BCUT2D eigenvalue weighted by Gasteiger charge is -2.26. The summed E-state index contributed by atoms with van der Waals surface area (Å²) in [5.41, 5.74) is 4.95. The molecule has 5 rings (SSSR count). The van der Waals surface area contributed by atoms with Gasteiger partial charge in [-0.05, 0) is 70.9 Å². The van der Waals surface area contributed by atoms with Crippen molar-refractivity contribution >= 4 is 16.7 Å². The highest BCUT2D eigenvalue weighted by molar-refractivity contribution is 5.94. The molecule has 1 aromatic carbocycles. The largest absolute Gasteiger partial charge is 0.486 e. The predicted molar refractivity (Wildman–Crippen MR) is 141 cm³/mol. The fraction of sp³-hybridized carbons (Fsp3) is 0.393. The van der Waals surface area contributed by atoms with Crippen LogP contribution in [-0.2, 0) is 0 Å². The third-order valence-electron chi connectivity index (χ3n) is 7.27. The van der Waals surface area contributed by atoms with Crippen LogP contribution in [-0.4, -0.2) is 49.2 Å². The quantitative estimate of drug-likeness (QED) is 0.395. The summed E-state index contributed by atoms with van der Waals surface area (Å²) in [7, 11) is 0.